The summed E-state index contributed by atoms with van der Waals surface area (Å²) in [4.78, 5) is 4.87. The Hall–Kier alpha value is -5.53. The average molecular weight is 1030 g/mol. The summed E-state index contributed by atoms with van der Waals surface area (Å²) in [5, 5.41) is 0. The Morgan fingerprint density at radius 3 is 0.835 bits per heavy atom. The second-order valence-electron chi connectivity index (χ2n) is 30.8. The Kier molecular flexibility index (Phi) is 9.30. The molecule has 7 aromatic rings. The van der Waals surface area contributed by atoms with Gasteiger partial charge in [0.25, 0.3) is 0 Å². The van der Waals surface area contributed by atoms with E-state index in [0.29, 0.717) is 32.5 Å². The number of benzene rings is 6. The van der Waals surface area contributed by atoms with Gasteiger partial charge in [0.1, 0.15) is 0 Å². The van der Waals surface area contributed by atoms with Gasteiger partial charge in [0, 0.05) is 11.8 Å². The van der Waals surface area contributed by atoms with Crippen molar-refractivity contribution < 1.29 is 0 Å². The van der Waals surface area contributed by atoms with Crippen LogP contribution in [0.25, 0.3) is 44.6 Å². The number of aromatic nitrogens is 1. The highest BCUT2D eigenvalue weighted by Gasteiger charge is 2.72. The molecule has 0 aliphatic heterocycles. The molecule has 0 spiro atoms. The van der Waals surface area contributed by atoms with Crippen LogP contribution in [0.4, 0.5) is 0 Å². The van der Waals surface area contributed by atoms with Crippen LogP contribution in [-0.4, -0.2) is 4.98 Å². The zero-order chi connectivity index (χ0) is 51.7. The van der Waals surface area contributed by atoms with Crippen molar-refractivity contribution in [2.75, 3.05) is 0 Å². The van der Waals surface area contributed by atoms with Gasteiger partial charge in [0.05, 0.1) is 5.69 Å². The maximum atomic E-state index is 4.87. The van der Waals surface area contributed by atoms with Gasteiger partial charge in [-0.1, -0.05) is 159 Å². The zero-order valence-corrected chi connectivity index (χ0v) is 46.8. The highest BCUT2D eigenvalue weighted by molar-refractivity contribution is 5.71. The average Bonchev–Trinajstić information content (AvgIpc) is 3.65. The third kappa shape index (κ3) is 6.38. The van der Waals surface area contributed by atoms with E-state index < -0.39 is 0 Å². The van der Waals surface area contributed by atoms with E-state index in [1.54, 1.807) is 27.8 Å². The standard InChI is InChI=1S/C78H79N/c1-73-28-31-74(32-29-73,33-30-73)55-19-11-50(12-20-55)48-7-9-49(10-8-48)51-13-21-56(22-14-51)75-36-60-63-39-76(40-64(60)62(38-75)65(41-76)61(63)37-75)57-23-15-52(16-24-57)53-17-25-58(26-18-53)77-42-66-69-45-78(46-70(66)68(44-77)71(47-78)67(69)43-77)59-27-34-79-72(35-59)54-5-3-2-4-6-54/h2-27,34-35,60-71H,28-33,36-47H2,1H3. The molecule has 396 valence electrons. The first kappa shape index (κ1) is 46.1. The topological polar surface area (TPSA) is 12.9 Å². The molecule has 1 heterocycles. The maximum Gasteiger partial charge on any atom is 0.0704 e. The summed E-state index contributed by atoms with van der Waals surface area (Å²) in [6.45, 7) is 2.53. The summed E-state index contributed by atoms with van der Waals surface area (Å²) in [6.07, 6.45) is 27.7. The Morgan fingerprint density at radius 1 is 0.266 bits per heavy atom. The van der Waals surface area contributed by atoms with Crippen molar-refractivity contribution in [3.05, 3.63) is 198 Å². The first-order valence-electron chi connectivity index (χ1n) is 32.2. The highest BCUT2D eigenvalue weighted by Crippen LogP contribution is 2.79. The lowest BCUT2D eigenvalue weighted by Crippen LogP contribution is -2.69. The van der Waals surface area contributed by atoms with Gasteiger partial charge < -0.3 is 0 Å². The van der Waals surface area contributed by atoms with Crippen molar-refractivity contribution in [1.29, 1.82) is 0 Å². The monoisotopic (exact) mass is 1030 g/mol. The Labute approximate surface area is 470 Å². The molecule has 1 aromatic heterocycles. The zero-order valence-electron chi connectivity index (χ0n) is 46.8. The van der Waals surface area contributed by atoms with E-state index in [0.717, 1.165) is 76.7 Å². The van der Waals surface area contributed by atoms with E-state index in [1.165, 1.54) is 155 Å². The van der Waals surface area contributed by atoms with Crippen LogP contribution < -0.4 is 0 Å². The fourth-order valence-electron chi connectivity index (χ4n) is 24.5. The molecule has 1 heteroatoms. The predicted octanol–water partition coefficient (Wildman–Crippen LogP) is 18.9. The van der Waals surface area contributed by atoms with Crippen LogP contribution in [0.15, 0.2) is 170 Å². The molecule has 0 atom stereocenters. The van der Waals surface area contributed by atoms with E-state index in [2.05, 4.69) is 177 Å². The molecule has 1 nitrogen and oxygen atoms in total. The molecular weight excluding hydrogens is 951 g/mol. The third-order valence-electron chi connectivity index (χ3n) is 28.1. The Balaban J connectivity index is 0.513. The molecule has 18 bridgehead atoms. The van der Waals surface area contributed by atoms with Crippen LogP contribution in [0.1, 0.15) is 150 Å². The summed E-state index contributed by atoms with van der Waals surface area (Å²) >= 11 is 0. The van der Waals surface area contributed by atoms with Crippen LogP contribution in [0, 0.1) is 76.4 Å². The van der Waals surface area contributed by atoms with Crippen molar-refractivity contribution in [2.24, 2.45) is 76.4 Å². The normalized spacial score (nSPS) is 42.4. The SMILES string of the molecule is CC12CCC(c3ccc(-c4ccc(-c5ccc(C67CC8C9CC%10(c%11ccc(-c%12ccc(C%13%14CC%15C%16CC%17(c%18ccnc(-c%19ccccc%19)c%18)CC%15C(C%13)C(C%17)C%16C%14)cc%12)cc%11)CC8C(C6)C(C%10)C9C7)cc5)cc4)cc3)(CC1)CC2. The largest absolute Gasteiger partial charge is 0.256 e. The second kappa shape index (κ2) is 15.9. The molecule has 79 heavy (non-hydrogen) atoms. The number of hydrogen-bond donors (Lipinski definition) is 0. The smallest absolute Gasteiger partial charge is 0.0704 e. The summed E-state index contributed by atoms with van der Waals surface area (Å²) in [5.74, 6) is 11.1. The van der Waals surface area contributed by atoms with E-state index in [4.69, 9.17) is 4.98 Å². The van der Waals surface area contributed by atoms with Gasteiger partial charge in [-0.2, -0.15) is 0 Å². The molecule has 24 rings (SSSR count). The fraction of sp³-hybridized carbons (Fsp3) is 0.474. The molecule has 0 unspecified atom stereocenters. The number of hydrogen-bond acceptors (Lipinski definition) is 1. The van der Waals surface area contributed by atoms with Gasteiger partial charge in [-0.05, 0) is 292 Å². The van der Waals surface area contributed by atoms with Crippen LogP contribution in [0.5, 0.6) is 0 Å². The third-order valence-corrected chi connectivity index (χ3v) is 28.1. The van der Waals surface area contributed by atoms with Crippen molar-refractivity contribution in [3.8, 4) is 44.6 Å². The molecule has 17 fully saturated rings. The van der Waals surface area contributed by atoms with Crippen molar-refractivity contribution >= 4 is 0 Å². The van der Waals surface area contributed by atoms with Crippen LogP contribution in [-0.2, 0) is 27.1 Å². The van der Waals surface area contributed by atoms with E-state index in [-0.39, 0.29) is 0 Å². The summed E-state index contributed by atoms with van der Waals surface area (Å²) in [6, 6.07) is 65.5. The van der Waals surface area contributed by atoms with Crippen LogP contribution >= 0.6 is 0 Å². The van der Waals surface area contributed by atoms with E-state index in [1.807, 2.05) is 0 Å². The molecule has 0 radical (unpaired) electrons. The predicted molar refractivity (Wildman–Crippen MR) is 320 cm³/mol. The van der Waals surface area contributed by atoms with E-state index in [9.17, 15) is 0 Å². The quantitative estimate of drug-likeness (QED) is 0.140. The number of nitrogens with zero attached hydrogens (tertiary/aromatic N) is 1. The molecular formula is C78H79N. The van der Waals surface area contributed by atoms with Gasteiger partial charge >= 0.3 is 0 Å². The lowest BCUT2D eigenvalue weighted by atomic mass is 9.29. The lowest BCUT2D eigenvalue weighted by Gasteiger charge is -2.75. The van der Waals surface area contributed by atoms with Gasteiger partial charge in [-0.3, -0.25) is 4.98 Å². The van der Waals surface area contributed by atoms with Gasteiger partial charge in [0.15, 0.2) is 0 Å². The van der Waals surface area contributed by atoms with Crippen molar-refractivity contribution in [3.63, 3.8) is 0 Å². The number of fused-ring (bicyclic) bond motifs is 3. The first-order valence-corrected chi connectivity index (χ1v) is 32.2. The van der Waals surface area contributed by atoms with Crippen LogP contribution in [0.3, 0.4) is 0 Å². The Morgan fingerprint density at radius 2 is 0.532 bits per heavy atom. The molecule has 0 saturated heterocycles. The minimum Gasteiger partial charge on any atom is -0.256 e. The van der Waals surface area contributed by atoms with E-state index >= 15 is 0 Å². The summed E-state index contributed by atoms with van der Waals surface area (Å²) < 4.78 is 0. The molecule has 17 saturated carbocycles. The van der Waals surface area contributed by atoms with Crippen molar-refractivity contribution in [1.82, 2.24) is 4.98 Å². The van der Waals surface area contributed by atoms with Crippen LogP contribution in [0.2, 0.25) is 0 Å². The summed E-state index contributed by atoms with van der Waals surface area (Å²) in [7, 11) is 0. The molecule has 0 N–H and O–H groups in total. The van der Waals surface area contributed by atoms with Gasteiger partial charge in [-0.25, -0.2) is 0 Å². The number of pyridine rings is 1. The second-order valence-corrected chi connectivity index (χ2v) is 30.8. The molecule has 17 aliphatic carbocycles. The minimum atomic E-state index is 0.370. The molecule has 17 aliphatic rings. The van der Waals surface area contributed by atoms with Gasteiger partial charge in [-0.15, -0.1) is 0 Å². The first-order chi connectivity index (χ1) is 38.7. The highest BCUT2D eigenvalue weighted by atomic mass is 14.8. The molecule has 0 amide bonds. The van der Waals surface area contributed by atoms with Gasteiger partial charge in [0.2, 0.25) is 0 Å². The Bertz CT molecular complexity index is 3410. The maximum absolute atomic E-state index is 4.87. The number of rotatable bonds is 9. The fourth-order valence-corrected chi connectivity index (χ4v) is 24.5. The summed E-state index contributed by atoms with van der Waals surface area (Å²) in [5.41, 5.74) is 21.4. The molecule has 6 aromatic carbocycles. The van der Waals surface area contributed by atoms with Crippen molar-refractivity contribution in [2.45, 2.75) is 150 Å². The minimum absolute atomic E-state index is 0.370. The lowest BCUT2D eigenvalue weighted by molar-refractivity contribution is -0.221.